The summed E-state index contributed by atoms with van der Waals surface area (Å²) in [5.41, 5.74) is 2.56. The predicted octanol–water partition coefficient (Wildman–Crippen LogP) is 1.48. The zero-order chi connectivity index (χ0) is 12.4. The Labute approximate surface area is 108 Å². The smallest absolute Gasteiger partial charge is 0.131 e. The van der Waals surface area contributed by atoms with E-state index < -0.39 is 0 Å². The van der Waals surface area contributed by atoms with Crippen LogP contribution in [-0.4, -0.2) is 37.3 Å². The van der Waals surface area contributed by atoms with Crippen LogP contribution in [0.25, 0.3) is 0 Å². The van der Waals surface area contributed by atoms with Crippen molar-refractivity contribution in [3.63, 3.8) is 0 Å². The van der Waals surface area contributed by atoms with Crippen LogP contribution in [0.15, 0.2) is 12.3 Å². The Bertz CT molecular complexity index is 412. The number of hydrogen-bond acceptors (Lipinski definition) is 4. The van der Waals surface area contributed by atoms with Crippen LogP contribution in [0.2, 0.25) is 0 Å². The minimum atomic E-state index is 0.754. The number of pyridine rings is 1. The van der Waals surface area contributed by atoms with Gasteiger partial charge in [0.05, 0.1) is 13.2 Å². The number of rotatable bonds is 4. The summed E-state index contributed by atoms with van der Waals surface area (Å²) in [7, 11) is 0. The number of nitrogens with one attached hydrogen (secondary N) is 1. The maximum atomic E-state index is 5.38. The Hall–Kier alpha value is -1.13. The molecule has 1 aromatic rings. The monoisotopic (exact) mass is 247 g/mol. The van der Waals surface area contributed by atoms with Crippen molar-refractivity contribution in [1.29, 1.82) is 0 Å². The van der Waals surface area contributed by atoms with Crippen LogP contribution in [0.3, 0.4) is 0 Å². The SMILES string of the molecule is Cc1cc(CNC2CC2)cnc1N1CCOCC1. The Morgan fingerprint density at radius 3 is 2.83 bits per heavy atom. The molecular weight excluding hydrogens is 226 g/mol. The number of nitrogens with zero attached hydrogens (tertiary/aromatic N) is 2. The van der Waals surface area contributed by atoms with Gasteiger partial charge in [0.15, 0.2) is 0 Å². The molecule has 18 heavy (non-hydrogen) atoms. The summed E-state index contributed by atoms with van der Waals surface area (Å²) >= 11 is 0. The highest BCUT2D eigenvalue weighted by Crippen LogP contribution is 2.21. The van der Waals surface area contributed by atoms with Crippen LogP contribution in [0.5, 0.6) is 0 Å². The molecule has 1 aliphatic heterocycles. The molecule has 0 radical (unpaired) electrons. The summed E-state index contributed by atoms with van der Waals surface area (Å²) in [5, 5.41) is 3.53. The molecule has 4 nitrogen and oxygen atoms in total. The molecule has 0 atom stereocenters. The number of morpholine rings is 1. The summed E-state index contributed by atoms with van der Waals surface area (Å²) in [6, 6.07) is 3.01. The van der Waals surface area contributed by atoms with Crippen LogP contribution in [0, 0.1) is 6.92 Å². The van der Waals surface area contributed by atoms with Crippen molar-refractivity contribution in [1.82, 2.24) is 10.3 Å². The van der Waals surface area contributed by atoms with Gasteiger partial charge < -0.3 is 15.0 Å². The third-order valence-electron chi connectivity index (χ3n) is 3.59. The van der Waals surface area contributed by atoms with Crippen molar-refractivity contribution in [2.24, 2.45) is 0 Å². The van der Waals surface area contributed by atoms with Crippen LogP contribution >= 0.6 is 0 Å². The number of aryl methyl sites for hydroxylation is 1. The summed E-state index contributed by atoms with van der Waals surface area (Å²) < 4.78 is 5.38. The molecule has 2 heterocycles. The molecule has 0 bridgehead atoms. The Morgan fingerprint density at radius 2 is 2.17 bits per heavy atom. The first-order chi connectivity index (χ1) is 8.83. The molecule has 4 heteroatoms. The van der Waals surface area contributed by atoms with Crippen LogP contribution in [0.4, 0.5) is 5.82 Å². The van der Waals surface area contributed by atoms with E-state index in [1.807, 2.05) is 6.20 Å². The summed E-state index contributed by atoms with van der Waals surface area (Å²) in [4.78, 5) is 6.95. The van der Waals surface area contributed by atoms with E-state index in [2.05, 4.69) is 28.2 Å². The van der Waals surface area contributed by atoms with Gasteiger partial charge in [-0.15, -0.1) is 0 Å². The minimum absolute atomic E-state index is 0.754. The average molecular weight is 247 g/mol. The number of aromatic nitrogens is 1. The first-order valence-electron chi connectivity index (χ1n) is 6.84. The molecule has 1 saturated carbocycles. The molecule has 2 aliphatic rings. The highest BCUT2D eigenvalue weighted by molar-refractivity contribution is 5.47. The summed E-state index contributed by atoms with van der Waals surface area (Å²) in [6.07, 6.45) is 4.67. The second-order valence-electron chi connectivity index (χ2n) is 5.24. The van der Waals surface area contributed by atoms with E-state index >= 15 is 0 Å². The Kier molecular flexibility index (Phi) is 3.48. The molecule has 98 valence electrons. The molecular formula is C14H21N3O. The number of anilines is 1. The maximum Gasteiger partial charge on any atom is 0.131 e. The van der Waals surface area contributed by atoms with Crippen molar-refractivity contribution in [3.05, 3.63) is 23.4 Å². The van der Waals surface area contributed by atoms with Crippen molar-refractivity contribution in [2.75, 3.05) is 31.2 Å². The molecule has 0 amide bonds. The van der Waals surface area contributed by atoms with E-state index in [0.29, 0.717) is 0 Å². The summed E-state index contributed by atoms with van der Waals surface area (Å²) in [6.45, 7) is 6.62. The van der Waals surface area contributed by atoms with Crippen molar-refractivity contribution in [3.8, 4) is 0 Å². The lowest BCUT2D eigenvalue weighted by molar-refractivity contribution is 0.122. The molecule has 1 N–H and O–H groups in total. The molecule has 1 saturated heterocycles. The molecule has 0 aromatic carbocycles. The molecule has 0 spiro atoms. The first kappa shape index (κ1) is 11.9. The highest BCUT2D eigenvalue weighted by atomic mass is 16.5. The van der Waals surface area contributed by atoms with E-state index in [-0.39, 0.29) is 0 Å². The second kappa shape index (κ2) is 5.24. The van der Waals surface area contributed by atoms with Gasteiger partial charge in [-0.3, -0.25) is 0 Å². The second-order valence-corrected chi connectivity index (χ2v) is 5.24. The average Bonchev–Trinajstić information content (AvgIpc) is 3.21. The fraction of sp³-hybridized carbons (Fsp3) is 0.643. The topological polar surface area (TPSA) is 37.4 Å². The molecule has 1 aliphatic carbocycles. The molecule has 2 fully saturated rings. The maximum absolute atomic E-state index is 5.38. The zero-order valence-corrected chi connectivity index (χ0v) is 11.0. The van der Waals surface area contributed by atoms with Gasteiger partial charge in [-0.25, -0.2) is 4.98 Å². The minimum Gasteiger partial charge on any atom is -0.378 e. The zero-order valence-electron chi connectivity index (χ0n) is 11.0. The van der Waals surface area contributed by atoms with E-state index in [9.17, 15) is 0 Å². The van der Waals surface area contributed by atoms with Crippen LogP contribution in [-0.2, 0) is 11.3 Å². The Balaban J connectivity index is 1.66. The van der Waals surface area contributed by atoms with E-state index in [4.69, 9.17) is 4.74 Å². The lowest BCUT2D eigenvalue weighted by Crippen LogP contribution is -2.37. The standard InChI is InChI=1S/C14H21N3O/c1-11-8-12(9-15-13-2-3-13)10-16-14(11)17-4-6-18-7-5-17/h8,10,13,15H,2-7,9H2,1H3. The highest BCUT2D eigenvalue weighted by Gasteiger charge is 2.20. The van der Waals surface area contributed by atoms with Gasteiger partial charge in [-0.1, -0.05) is 0 Å². The van der Waals surface area contributed by atoms with Crippen LogP contribution in [0.1, 0.15) is 24.0 Å². The van der Waals surface area contributed by atoms with E-state index in [0.717, 1.165) is 44.7 Å². The van der Waals surface area contributed by atoms with Crippen molar-refractivity contribution >= 4 is 5.82 Å². The van der Waals surface area contributed by atoms with Crippen molar-refractivity contribution < 1.29 is 4.74 Å². The largest absolute Gasteiger partial charge is 0.378 e. The third kappa shape index (κ3) is 2.82. The normalized spacial score (nSPS) is 20.2. The van der Waals surface area contributed by atoms with Crippen LogP contribution < -0.4 is 10.2 Å². The van der Waals surface area contributed by atoms with E-state index in [1.165, 1.54) is 24.0 Å². The molecule has 3 rings (SSSR count). The van der Waals surface area contributed by atoms with Gasteiger partial charge in [-0.2, -0.15) is 0 Å². The lowest BCUT2D eigenvalue weighted by Gasteiger charge is -2.29. The van der Waals surface area contributed by atoms with Gasteiger partial charge in [0.25, 0.3) is 0 Å². The third-order valence-corrected chi connectivity index (χ3v) is 3.59. The van der Waals surface area contributed by atoms with Gasteiger partial charge in [0.1, 0.15) is 5.82 Å². The fourth-order valence-electron chi connectivity index (χ4n) is 2.38. The van der Waals surface area contributed by atoms with E-state index in [1.54, 1.807) is 0 Å². The first-order valence-corrected chi connectivity index (χ1v) is 6.84. The van der Waals surface area contributed by atoms with Gasteiger partial charge >= 0.3 is 0 Å². The Morgan fingerprint density at radius 1 is 1.39 bits per heavy atom. The van der Waals surface area contributed by atoms with Gasteiger partial charge in [-0.05, 0) is 37.0 Å². The molecule has 1 aromatic heterocycles. The fourth-order valence-corrected chi connectivity index (χ4v) is 2.38. The number of ether oxygens (including phenoxy) is 1. The van der Waals surface area contributed by atoms with Crippen molar-refractivity contribution in [2.45, 2.75) is 32.4 Å². The summed E-state index contributed by atoms with van der Waals surface area (Å²) in [5.74, 6) is 1.12. The predicted molar refractivity (Wildman–Crippen MR) is 71.9 cm³/mol. The van der Waals surface area contributed by atoms with Gasteiger partial charge in [0, 0.05) is 31.9 Å². The number of hydrogen-bond donors (Lipinski definition) is 1. The lowest BCUT2D eigenvalue weighted by atomic mass is 10.2. The molecule has 0 unspecified atom stereocenters. The van der Waals surface area contributed by atoms with Gasteiger partial charge in [0.2, 0.25) is 0 Å². The quantitative estimate of drug-likeness (QED) is 0.874.